The molecule has 0 aliphatic carbocycles. The van der Waals surface area contributed by atoms with Crippen molar-refractivity contribution in [3.63, 3.8) is 0 Å². The Hall–Kier alpha value is -1.43. The van der Waals surface area contributed by atoms with Gasteiger partial charge in [0.2, 0.25) is 5.82 Å². The summed E-state index contributed by atoms with van der Waals surface area (Å²) in [6.45, 7) is 6.03. The van der Waals surface area contributed by atoms with Crippen molar-refractivity contribution in [1.29, 1.82) is 0 Å². The van der Waals surface area contributed by atoms with Crippen LogP contribution in [0.25, 0.3) is 0 Å². The van der Waals surface area contributed by atoms with Crippen LogP contribution in [0.3, 0.4) is 0 Å². The third kappa shape index (κ3) is 3.80. The predicted octanol–water partition coefficient (Wildman–Crippen LogP) is 1.04. The first-order valence-electron chi connectivity index (χ1n) is 6.46. The molecule has 0 bridgehead atoms. The molecule has 18 heavy (non-hydrogen) atoms. The summed E-state index contributed by atoms with van der Waals surface area (Å²) in [5.41, 5.74) is -0.849. The Morgan fingerprint density at radius 3 is 2.61 bits per heavy atom. The highest BCUT2D eigenvalue weighted by Gasteiger charge is 2.23. The van der Waals surface area contributed by atoms with Crippen molar-refractivity contribution in [2.75, 3.05) is 6.54 Å². The SMILES string of the molecule is CCCc1nc(C(=O)NCC(O)(CC)CC)n[nH]1. The van der Waals surface area contributed by atoms with Gasteiger partial charge in [-0.2, -0.15) is 0 Å². The number of hydrogen-bond acceptors (Lipinski definition) is 4. The molecule has 1 rings (SSSR count). The van der Waals surface area contributed by atoms with Gasteiger partial charge in [-0.05, 0) is 19.3 Å². The second kappa shape index (κ2) is 6.49. The molecule has 0 fully saturated rings. The van der Waals surface area contributed by atoms with Crippen LogP contribution in [0.1, 0.15) is 56.5 Å². The van der Waals surface area contributed by atoms with Gasteiger partial charge in [0.1, 0.15) is 5.82 Å². The number of hydrogen-bond donors (Lipinski definition) is 3. The van der Waals surface area contributed by atoms with Crippen LogP contribution in [-0.2, 0) is 6.42 Å². The second-order valence-electron chi connectivity index (χ2n) is 4.47. The minimum Gasteiger partial charge on any atom is -0.388 e. The minimum absolute atomic E-state index is 0.132. The standard InChI is InChI=1S/C12H22N4O2/c1-4-7-9-14-10(16-15-9)11(17)13-8-12(18,5-2)6-3/h18H,4-8H2,1-3H3,(H,13,17)(H,14,15,16). The molecule has 0 radical (unpaired) electrons. The Morgan fingerprint density at radius 2 is 2.06 bits per heavy atom. The van der Waals surface area contributed by atoms with Crippen molar-refractivity contribution in [1.82, 2.24) is 20.5 Å². The van der Waals surface area contributed by atoms with Crippen molar-refractivity contribution in [2.45, 2.75) is 52.1 Å². The Balaban J connectivity index is 2.54. The number of aliphatic hydroxyl groups is 1. The molecule has 0 aliphatic rings. The number of H-pyrrole nitrogens is 1. The third-order valence-corrected chi connectivity index (χ3v) is 3.12. The molecule has 6 nitrogen and oxygen atoms in total. The number of carbonyl (C=O) groups is 1. The average Bonchev–Trinajstić information content (AvgIpc) is 2.85. The fourth-order valence-corrected chi connectivity index (χ4v) is 1.57. The number of carbonyl (C=O) groups excluding carboxylic acids is 1. The van der Waals surface area contributed by atoms with Gasteiger partial charge in [-0.1, -0.05) is 20.8 Å². The largest absolute Gasteiger partial charge is 0.388 e. The van der Waals surface area contributed by atoms with Crippen LogP contribution in [0.2, 0.25) is 0 Å². The molecule has 1 aromatic rings. The van der Waals surface area contributed by atoms with Crippen molar-refractivity contribution in [3.8, 4) is 0 Å². The first-order chi connectivity index (χ1) is 8.54. The van der Waals surface area contributed by atoms with Crippen molar-refractivity contribution < 1.29 is 9.90 Å². The van der Waals surface area contributed by atoms with Gasteiger partial charge in [-0.3, -0.25) is 9.89 Å². The van der Waals surface area contributed by atoms with Gasteiger partial charge in [-0.25, -0.2) is 4.98 Å². The number of aromatic amines is 1. The molecule has 0 aliphatic heterocycles. The van der Waals surface area contributed by atoms with E-state index in [2.05, 4.69) is 20.5 Å². The monoisotopic (exact) mass is 254 g/mol. The Labute approximate surface area is 107 Å². The van der Waals surface area contributed by atoms with Crippen LogP contribution < -0.4 is 5.32 Å². The maximum absolute atomic E-state index is 11.8. The van der Waals surface area contributed by atoms with Crippen LogP contribution in [0.5, 0.6) is 0 Å². The van der Waals surface area contributed by atoms with E-state index in [1.807, 2.05) is 20.8 Å². The summed E-state index contributed by atoms with van der Waals surface area (Å²) in [7, 11) is 0. The zero-order valence-electron chi connectivity index (χ0n) is 11.3. The van der Waals surface area contributed by atoms with E-state index in [4.69, 9.17) is 0 Å². The predicted molar refractivity (Wildman–Crippen MR) is 68.2 cm³/mol. The zero-order valence-corrected chi connectivity index (χ0v) is 11.3. The maximum Gasteiger partial charge on any atom is 0.291 e. The molecule has 102 valence electrons. The molecular weight excluding hydrogens is 232 g/mol. The molecule has 1 amide bonds. The van der Waals surface area contributed by atoms with E-state index < -0.39 is 5.60 Å². The van der Waals surface area contributed by atoms with Gasteiger partial charge >= 0.3 is 0 Å². The summed E-state index contributed by atoms with van der Waals surface area (Å²) in [4.78, 5) is 15.9. The topological polar surface area (TPSA) is 90.9 Å². The third-order valence-electron chi connectivity index (χ3n) is 3.12. The normalized spacial score (nSPS) is 11.6. The van der Waals surface area contributed by atoms with Crippen LogP contribution in [0.15, 0.2) is 0 Å². The van der Waals surface area contributed by atoms with Gasteiger partial charge in [0.25, 0.3) is 5.91 Å². The Kier molecular flexibility index (Phi) is 5.27. The first-order valence-corrected chi connectivity index (χ1v) is 6.46. The molecule has 0 saturated carbocycles. The molecule has 0 unspecified atom stereocenters. The van der Waals surface area contributed by atoms with Crippen molar-refractivity contribution in [2.24, 2.45) is 0 Å². The van der Waals surface area contributed by atoms with Crippen LogP contribution in [0, 0.1) is 0 Å². The van der Waals surface area contributed by atoms with E-state index in [1.165, 1.54) is 0 Å². The lowest BCUT2D eigenvalue weighted by molar-refractivity contribution is 0.0312. The lowest BCUT2D eigenvalue weighted by Gasteiger charge is -2.24. The summed E-state index contributed by atoms with van der Waals surface area (Å²) in [5.74, 6) is 0.492. The van der Waals surface area contributed by atoms with E-state index in [0.717, 1.165) is 12.8 Å². The number of aromatic nitrogens is 3. The highest BCUT2D eigenvalue weighted by molar-refractivity contribution is 5.90. The molecule has 0 aromatic carbocycles. The van der Waals surface area contributed by atoms with Gasteiger partial charge in [0.05, 0.1) is 5.60 Å². The fourth-order valence-electron chi connectivity index (χ4n) is 1.57. The molecule has 0 saturated heterocycles. The van der Waals surface area contributed by atoms with Crippen molar-refractivity contribution in [3.05, 3.63) is 11.6 Å². The summed E-state index contributed by atoms with van der Waals surface area (Å²) in [6, 6.07) is 0. The number of aryl methyl sites for hydroxylation is 1. The quantitative estimate of drug-likeness (QED) is 0.678. The number of rotatable bonds is 7. The van der Waals surface area contributed by atoms with Crippen molar-refractivity contribution >= 4 is 5.91 Å². The van der Waals surface area contributed by atoms with E-state index in [9.17, 15) is 9.90 Å². The number of nitrogens with one attached hydrogen (secondary N) is 2. The van der Waals surface area contributed by atoms with E-state index in [0.29, 0.717) is 18.7 Å². The smallest absolute Gasteiger partial charge is 0.291 e. The molecule has 0 atom stereocenters. The summed E-state index contributed by atoms with van der Waals surface area (Å²) >= 11 is 0. The molecular formula is C12H22N4O2. The van der Waals surface area contributed by atoms with Crippen LogP contribution in [0.4, 0.5) is 0 Å². The maximum atomic E-state index is 11.8. The average molecular weight is 254 g/mol. The van der Waals surface area contributed by atoms with E-state index in [1.54, 1.807) is 0 Å². The number of amides is 1. The van der Waals surface area contributed by atoms with Gasteiger partial charge in [0, 0.05) is 13.0 Å². The zero-order chi connectivity index (χ0) is 13.6. The molecule has 1 aromatic heterocycles. The van der Waals surface area contributed by atoms with Crippen LogP contribution in [-0.4, -0.2) is 38.3 Å². The fraction of sp³-hybridized carbons (Fsp3) is 0.750. The summed E-state index contributed by atoms with van der Waals surface area (Å²) < 4.78 is 0. The Morgan fingerprint density at radius 1 is 1.39 bits per heavy atom. The molecule has 6 heteroatoms. The minimum atomic E-state index is -0.849. The lowest BCUT2D eigenvalue weighted by Crippen LogP contribution is -2.42. The molecule has 0 spiro atoms. The Bertz CT molecular complexity index is 385. The van der Waals surface area contributed by atoms with Gasteiger partial charge in [-0.15, -0.1) is 5.10 Å². The first kappa shape index (κ1) is 14.6. The van der Waals surface area contributed by atoms with Gasteiger partial charge in [0.15, 0.2) is 0 Å². The lowest BCUT2D eigenvalue weighted by atomic mass is 9.98. The highest BCUT2D eigenvalue weighted by atomic mass is 16.3. The second-order valence-corrected chi connectivity index (χ2v) is 4.47. The van der Waals surface area contributed by atoms with Gasteiger partial charge < -0.3 is 10.4 Å². The highest BCUT2D eigenvalue weighted by Crippen LogP contribution is 2.12. The summed E-state index contributed by atoms with van der Waals surface area (Å²) in [6.07, 6.45) is 2.91. The molecule has 3 N–H and O–H groups in total. The van der Waals surface area contributed by atoms with Crippen LogP contribution >= 0.6 is 0 Å². The van der Waals surface area contributed by atoms with E-state index in [-0.39, 0.29) is 18.3 Å². The molecule has 1 heterocycles. The summed E-state index contributed by atoms with van der Waals surface area (Å²) in [5, 5.41) is 19.3. The van der Waals surface area contributed by atoms with E-state index >= 15 is 0 Å². The number of nitrogens with zero attached hydrogens (tertiary/aromatic N) is 2.